The molecule has 1 radical (unpaired) electrons. The molecule has 0 saturated carbocycles. The van der Waals surface area contributed by atoms with Gasteiger partial charge in [0.1, 0.15) is 12.4 Å². The van der Waals surface area contributed by atoms with Crippen LogP contribution in [0.3, 0.4) is 0 Å². The van der Waals surface area contributed by atoms with Gasteiger partial charge >= 0.3 is 0 Å². The second-order valence-corrected chi connectivity index (χ2v) is 5.31. The molecule has 0 unspecified atom stereocenters. The monoisotopic (exact) mass is 453 g/mol. The quantitative estimate of drug-likeness (QED) is 0.489. The Kier molecular flexibility index (Phi) is 8.18. The van der Waals surface area contributed by atoms with Crippen molar-refractivity contribution in [1.82, 2.24) is 4.90 Å². The van der Waals surface area contributed by atoms with E-state index in [4.69, 9.17) is 11.2 Å². The molecule has 1 heterocycles. The molecule has 0 saturated heterocycles. The SMILES string of the molecule is C#CCOc1ccc(C2=[C-]C=C(Br)C(=C)N2CC(F)F)cc1.[Y]. The van der Waals surface area contributed by atoms with Crippen molar-refractivity contribution in [3.8, 4) is 18.1 Å². The van der Waals surface area contributed by atoms with Gasteiger partial charge < -0.3 is 9.64 Å². The summed E-state index contributed by atoms with van der Waals surface area (Å²) in [5, 5.41) is 0. The summed E-state index contributed by atoms with van der Waals surface area (Å²) < 4.78 is 31.6. The minimum Gasteiger partial charge on any atom is -0.481 e. The largest absolute Gasteiger partial charge is 0.481 e. The van der Waals surface area contributed by atoms with Crippen LogP contribution in [-0.2, 0) is 32.7 Å². The molecule has 117 valence electrons. The van der Waals surface area contributed by atoms with Crippen LogP contribution in [0.15, 0.2) is 47.1 Å². The van der Waals surface area contributed by atoms with Crippen molar-refractivity contribution < 1.29 is 46.2 Å². The smallest absolute Gasteiger partial charge is 0.256 e. The summed E-state index contributed by atoms with van der Waals surface area (Å²) in [6.07, 6.45) is 7.32. The summed E-state index contributed by atoms with van der Waals surface area (Å²) in [7, 11) is 0. The van der Waals surface area contributed by atoms with Gasteiger partial charge in [-0.25, -0.2) is 8.78 Å². The van der Waals surface area contributed by atoms with E-state index in [1.165, 1.54) is 4.90 Å². The van der Waals surface area contributed by atoms with Crippen LogP contribution >= 0.6 is 15.9 Å². The van der Waals surface area contributed by atoms with Gasteiger partial charge in [-0.3, -0.25) is 0 Å². The van der Waals surface area contributed by atoms with Gasteiger partial charge in [0.15, 0.2) is 0 Å². The third kappa shape index (κ3) is 5.27. The minimum atomic E-state index is -2.48. The molecule has 1 aromatic rings. The molecule has 1 aliphatic rings. The fourth-order valence-electron chi connectivity index (χ4n) is 1.97. The van der Waals surface area contributed by atoms with E-state index >= 15 is 0 Å². The number of nitrogens with zero attached hydrogens (tertiary/aromatic N) is 1. The van der Waals surface area contributed by atoms with E-state index in [2.05, 4.69) is 34.5 Å². The fourth-order valence-corrected chi connectivity index (χ4v) is 2.30. The van der Waals surface area contributed by atoms with Crippen molar-refractivity contribution in [3.05, 3.63) is 58.7 Å². The first kappa shape index (κ1) is 20.1. The van der Waals surface area contributed by atoms with E-state index in [1.54, 1.807) is 30.3 Å². The number of rotatable bonds is 5. The average Bonchev–Trinajstić information content (AvgIpc) is 2.50. The number of ether oxygens (including phenoxy) is 1. The van der Waals surface area contributed by atoms with Crippen molar-refractivity contribution in [2.24, 2.45) is 0 Å². The van der Waals surface area contributed by atoms with E-state index in [9.17, 15) is 8.78 Å². The van der Waals surface area contributed by atoms with Crippen LogP contribution in [0.1, 0.15) is 5.56 Å². The second kappa shape index (κ2) is 9.37. The molecule has 0 aromatic heterocycles. The Labute approximate surface area is 168 Å². The summed E-state index contributed by atoms with van der Waals surface area (Å²) in [6, 6.07) is 7.01. The summed E-state index contributed by atoms with van der Waals surface area (Å²) >= 11 is 3.28. The number of hydrogen-bond acceptors (Lipinski definition) is 2. The molecule has 1 aromatic carbocycles. The maximum absolute atomic E-state index is 12.8. The van der Waals surface area contributed by atoms with Crippen LogP contribution in [-0.4, -0.2) is 24.5 Å². The second-order valence-electron chi connectivity index (χ2n) is 4.45. The van der Waals surface area contributed by atoms with Crippen molar-refractivity contribution >= 4 is 21.6 Å². The van der Waals surface area contributed by atoms with Gasteiger partial charge in [0.2, 0.25) is 0 Å². The number of halogens is 3. The molecular weight excluding hydrogens is 441 g/mol. The average molecular weight is 454 g/mol. The normalized spacial score (nSPS) is 13.9. The minimum absolute atomic E-state index is 0. The molecule has 0 aliphatic carbocycles. The van der Waals surface area contributed by atoms with E-state index in [0.29, 0.717) is 21.6 Å². The van der Waals surface area contributed by atoms with Crippen LogP contribution in [0.25, 0.3) is 5.70 Å². The van der Waals surface area contributed by atoms with Crippen molar-refractivity contribution in [2.45, 2.75) is 6.43 Å². The number of alkyl halides is 2. The van der Waals surface area contributed by atoms with E-state index in [0.717, 1.165) is 5.56 Å². The molecule has 0 atom stereocenters. The molecule has 0 spiro atoms. The van der Waals surface area contributed by atoms with Gasteiger partial charge in [-0.2, -0.15) is 12.2 Å². The number of terminal acetylenes is 1. The molecule has 23 heavy (non-hydrogen) atoms. The summed E-state index contributed by atoms with van der Waals surface area (Å²) in [6.45, 7) is 3.57. The van der Waals surface area contributed by atoms with Gasteiger partial charge in [0, 0.05) is 32.7 Å². The Balaban J connectivity index is 0.00000264. The standard InChI is InChI=1S/C17H13BrF2NO.Y/c1-3-10-22-14-6-4-13(5-7-14)16-9-8-15(18)12(2)21(16)11-17(19)20;/h1,4-8,17H,2,10-11H2;/q-1;. The zero-order chi connectivity index (χ0) is 16.1. The Bertz CT molecular complexity index is 662. The number of allylic oxidation sites excluding steroid dienone is 3. The summed E-state index contributed by atoms with van der Waals surface area (Å²) in [5.41, 5.74) is 1.75. The maximum atomic E-state index is 12.8. The van der Waals surface area contributed by atoms with E-state index in [1.807, 2.05) is 0 Å². The Morgan fingerprint density at radius 2 is 2.00 bits per heavy atom. The first-order chi connectivity index (χ1) is 10.5. The molecule has 0 bridgehead atoms. The third-order valence-corrected chi connectivity index (χ3v) is 3.66. The molecule has 0 amide bonds. The third-order valence-electron chi connectivity index (χ3n) is 2.98. The molecule has 2 rings (SSSR count). The van der Waals surface area contributed by atoms with Gasteiger partial charge in [0.05, 0.1) is 6.54 Å². The van der Waals surface area contributed by atoms with Gasteiger partial charge in [0.25, 0.3) is 6.43 Å². The predicted octanol–water partition coefficient (Wildman–Crippen LogP) is 4.21. The topological polar surface area (TPSA) is 12.5 Å². The first-order valence-corrected chi connectivity index (χ1v) is 7.23. The Morgan fingerprint density at radius 1 is 1.35 bits per heavy atom. The predicted molar refractivity (Wildman–Crippen MR) is 86.3 cm³/mol. The molecule has 1 aliphatic heterocycles. The number of benzene rings is 1. The maximum Gasteiger partial charge on any atom is 0.256 e. The fraction of sp³-hybridized carbons (Fsp3) is 0.176. The van der Waals surface area contributed by atoms with Crippen molar-refractivity contribution in [1.29, 1.82) is 0 Å². The molecule has 2 nitrogen and oxygen atoms in total. The van der Waals surface area contributed by atoms with Gasteiger partial charge in [-0.1, -0.05) is 28.2 Å². The zero-order valence-corrected chi connectivity index (χ0v) is 16.7. The van der Waals surface area contributed by atoms with Gasteiger partial charge in [-0.15, -0.1) is 34.5 Å². The van der Waals surface area contributed by atoms with Crippen LogP contribution in [0.5, 0.6) is 5.75 Å². The van der Waals surface area contributed by atoms with Gasteiger partial charge in [-0.05, 0) is 17.8 Å². The van der Waals surface area contributed by atoms with Crippen LogP contribution in [0, 0.1) is 18.4 Å². The van der Waals surface area contributed by atoms with Crippen LogP contribution < -0.4 is 4.74 Å². The Morgan fingerprint density at radius 3 is 2.57 bits per heavy atom. The van der Waals surface area contributed by atoms with Crippen molar-refractivity contribution in [3.63, 3.8) is 0 Å². The molecular formula is C17H13BrF2NOY-. The van der Waals surface area contributed by atoms with Crippen LogP contribution in [0.4, 0.5) is 8.78 Å². The summed E-state index contributed by atoms with van der Waals surface area (Å²) in [5.74, 6) is 3.00. The first-order valence-electron chi connectivity index (χ1n) is 6.43. The molecule has 0 fully saturated rings. The molecule has 0 N–H and O–H groups in total. The van der Waals surface area contributed by atoms with E-state index < -0.39 is 13.0 Å². The van der Waals surface area contributed by atoms with Crippen molar-refractivity contribution in [2.75, 3.05) is 13.2 Å². The Hall–Kier alpha value is -0.956. The molecule has 6 heteroatoms. The summed E-state index contributed by atoms with van der Waals surface area (Å²) in [4.78, 5) is 1.44. The zero-order valence-electron chi connectivity index (χ0n) is 12.2. The number of hydrogen-bond donors (Lipinski definition) is 0. The van der Waals surface area contributed by atoms with Crippen LogP contribution in [0.2, 0.25) is 0 Å². The van der Waals surface area contributed by atoms with E-state index in [-0.39, 0.29) is 39.3 Å².